The van der Waals surface area contributed by atoms with Crippen LogP contribution in [0.1, 0.15) is 78.5 Å². The van der Waals surface area contributed by atoms with Gasteiger partial charge in [-0.15, -0.1) is 0 Å². The number of rotatable bonds is 6. The fourth-order valence-electron chi connectivity index (χ4n) is 5.96. The van der Waals surface area contributed by atoms with Gasteiger partial charge in [-0.3, -0.25) is 9.78 Å². The number of carbonyl (C=O) groups is 1. The number of hydrogen-bond acceptors (Lipinski definition) is 6. The molecule has 2 aliphatic rings. The minimum atomic E-state index is -1.21. The van der Waals surface area contributed by atoms with E-state index in [0.29, 0.717) is 50.0 Å². The van der Waals surface area contributed by atoms with Crippen molar-refractivity contribution < 1.29 is 32.9 Å². The number of ketones is 1. The SMILES string of the molecule is C[C@H]1C[C@@H](c2ccncc2CC(=O)c2ccc(F)c(-c3c(F)cc(C4CCOCC4)cc3F)n2)C[C@@H](O)[C@]1(C)O. The Labute approximate surface area is 231 Å². The van der Waals surface area contributed by atoms with Crippen LogP contribution < -0.4 is 0 Å². The highest BCUT2D eigenvalue weighted by Gasteiger charge is 2.43. The summed E-state index contributed by atoms with van der Waals surface area (Å²) in [5.41, 5.74) is -0.570. The Morgan fingerprint density at radius 3 is 2.42 bits per heavy atom. The number of benzene rings is 1. The first-order valence-corrected chi connectivity index (χ1v) is 13.7. The molecule has 0 bridgehead atoms. The van der Waals surface area contributed by atoms with Gasteiger partial charge in [0.05, 0.1) is 17.3 Å². The van der Waals surface area contributed by atoms with Gasteiger partial charge in [-0.05, 0) is 97.4 Å². The average Bonchev–Trinajstić information content (AvgIpc) is 2.93. The normalized spacial score (nSPS) is 25.6. The Bertz CT molecular complexity index is 1370. The molecule has 3 heterocycles. The average molecular weight is 555 g/mol. The minimum Gasteiger partial charge on any atom is -0.390 e. The molecule has 1 saturated carbocycles. The highest BCUT2D eigenvalue weighted by Crippen LogP contribution is 2.42. The van der Waals surface area contributed by atoms with Crippen molar-refractivity contribution in [2.24, 2.45) is 5.92 Å². The molecule has 212 valence electrons. The molecule has 1 aliphatic heterocycles. The van der Waals surface area contributed by atoms with Crippen LogP contribution in [0.5, 0.6) is 0 Å². The van der Waals surface area contributed by atoms with Gasteiger partial charge in [0.25, 0.3) is 0 Å². The summed E-state index contributed by atoms with van der Waals surface area (Å²) in [7, 11) is 0. The molecule has 9 heteroatoms. The van der Waals surface area contributed by atoms with E-state index in [2.05, 4.69) is 9.97 Å². The Morgan fingerprint density at radius 1 is 1.05 bits per heavy atom. The van der Waals surface area contributed by atoms with E-state index in [-0.39, 0.29) is 29.9 Å². The number of aliphatic hydroxyl groups is 2. The summed E-state index contributed by atoms with van der Waals surface area (Å²) >= 11 is 0. The number of Topliss-reactive ketones (excluding diaryl/α,β-unsaturated/α-hetero) is 1. The third-order valence-corrected chi connectivity index (χ3v) is 8.68. The van der Waals surface area contributed by atoms with Crippen LogP contribution in [0, 0.1) is 23.4 Å². The van der Waals surface area contributed by atoms with E-state index in [0.717, 1.165) is 11.6 Å². The maximum atomic E-state index is 15.2. The molecule has 2 aromatic heterocycles. The van der Waals surface area contributed by atoms with E-state index in [9.17, 15) is 19.4 Å². The van der Waals surface area contributed by atoms with Gasteiger partial charge in [-0.1, -0.05) is 6.92 Å². The van der Waals surface area contributed by atoms with Crippen molar-refractivity contribution in [3.63, 3.8) is 0 Å². The van der Waals surface area contributed by atoms with Crippen LogP contribution in [0.4, 0.5) is 13.2 Å². The zero-order valence-electron chi connectivity index (χ0n) is 22.5. The third-order valence-electron chi connectivity index (χ3n) is 8.68. The number of nitrogens with zero attached hydrogens (tertiary/aromatic N) is 2. The lowest BCUT2D eigenvalue weighted by Gasteiger charge is -2.43. The zero-order valence-corrected chi connectivity index (χ0v) is 22.5. The first-order chi connectivity index (χ1) is 19.1. The van der Waals surface area contributed by atoms with E-state index >= 15 is 8.78 Å². The second-order valence-electron chi connectivity index (χ2n) is 11.3. The molecule has 2 N–H and O–H groups in total. The number of aromatic nitrogens is 2. The van der Waals surface area contributed by atoms with Gasteiger partial charge in [0, 0.05) is 32.0 Å². The highest BCUT2D eigenvalue weighted by molar-refractivity contribution is 5.96. The maximum Gasteiger partial charge on any atom is 0.185 e. The van der Waals surface area contributed by atoms with Crippen LogP contribution >= 0.6 is 0 Å². The predicted molar refractivity (Wildman–Crippen MR) is 142 cm³/mol. The molecular formula is C31H33F3N2O4. The van der Waals surface area contributed by atoms with Crippen molar-refractivity contribution in [1.29, 1.82) is 0 Å². The Balaban J connectivity index is 1.41. The Kier molecular flexibility index (Phi) is 8.08. The van der Waals surface area contributed by atoms with Crippen LogP contribution in [0.2, 0.25) is 0 Å². The van der Waals surface area contributed by atoms with Gasteiger partial charge in [-0.2, -0.15) is 0 Å². The van der Waals surface area contributed by atoms with Crippen molar-refractivity contribution in [2.45, 2.75) is 69.5 Å². The van der Waals surface area contributed by atoms with E-state index in [1.165, 1.54) is 18.2 Å². The summed E-state index contributed by atoms with van der Waals surface area (Å²) in [6.45, 7) is 4.52. The molecule has 0 unspecified atom stereocenters. The molecule has 1 saturated heterocycles. The van der Waals surface area contributed by atoms with Gasteiger partial charge >= 0.3 is 0 Å². The lowest BCUT2D eigenvalue weighted by Crippen LogP contribution is -2.49. The first-order valence-electron chi connectivity index (χ1n) is 13.7. The fraction of sp³-hybridized carbons (Fsp3) is 0.452. The van der Waals surface area contributed by atoms with Gasteiger partial charge in [0.1, 0.15) is 28.8 Å². The fourth-order valence-corrected chi connectivity index (χ4v) is 5.96. The predicted octanol–water partition coefficient (Wildman–Crippen LogP) is 5.51. The zero-order chi connectivity index (χ0) is 28.6. The maximum absolute atomic E-state index is 15.2. The van der Waals surface area contributed by atoms with Crippen LogP contribution in [0.15, 0.2) is 42.7 Å². The summed E-state index contributed by atoms with van der Waals surface area (Å²) in [5.74, 6) is -3.61. The van der Waals surface area contributed by atoms with Crippen molar-refractivity contribution in [3.8, 4) is 11.3 Å². The number of aliphatic hydroxyl groups excluding tert-OH is 1. The third kappa shape index (κ3) is 5.55. The van der Waals surface area contributed by atoms with E-state index in [1.807, 2.05) is 6.92 Å². The molecule has 4 atom stereocenters. The number of carbonyl (C=O) groups excluding carboxylic acids is 1. The van der Waals surface area contributed by atoms with Gasteiger partial charge in [0.2, 0.25) is 0 Å². The summed E-state index contributed by atoms with van der Waals surface area (Å²) in [6, 6.07) is 6.41. The van der Waals surface area contributed by atoms with E-state index < -0.39 is 46.2 Å². The molecule has 1 aromatic carbocycles. The topological polar surface area (TPSA) is 92.5 Å². The molecule has 40 heavy (non-hydrogen) atoms. The van der Waals surface area contributed by atoms with Gasteiger partial charge < -0.3 is 14.9 Å². The second kappa shape index (κ2) is 11.4. The summed E-state index contributed by atoms with van der Waals surface area (Å²) in [6.07, 6.45) is 4.34. The van der Waals surface area contributed by atoms with Gasteiger partial charge in [-0.25, -0.2) is 18.2 Å². The number of ether oxygens (including phenoxy) is 1. The lowest BCUT2D eigenvalue weighted by atomic mass is 9.68. The standard InChI is InChI=1S/C31H33F3N2O4/c1-17-11-20(15-28(38)31(17,2)39)22-5-8-35-16-21(22)14-27(37)26-4-3-23(32)30(36-26)29-24(33)12-19(13-25(29)34)18-6-9-40-10-7-18/h3-5,8,12-13,16-18,20,28,38-39H,6-7,9-11,14-15H2,1-2H3/t17-,20+,28+,31+/m0/s1. The molecule has 0 radical (unpaired) electrons. The monoisotopic (exact) mass is 554 g/mol. The minimum absolute atomic E-state index is 0.0504. The Morgan fingerprint density at radius 2 is 1.75 bits per heavy atom. The van der Waals surface area contributed by atoms with E-state index in [4.69, 9.17) is 4.74 Å². The molecule has 0 amide bonds. The summed E-state index contributed by atoms with van der Waals surface area (Å²) < 4.78 is 50.5. The molecule has 3 aromatic rings. The van der Waals surface area contributed by atoms with E-state index in [1.54, 1.807) is 25.4 Å². The first kappa shape index (κ1) is 28.4. The Hall–Kier alpha value is -3.14. The van der Waals surface area contributed by atoms with Crippen LogP contribution in [0.25, 0.3) is 11.3 Å². The number of hydrogen-bond donors (Lipinski definition) is 2. The molecular weight excluding hydrogens is 521 g/mol. The lowest BCUT2D eigenvalue weighted by molar-refractivity contribution is -0.123. The molecule has 5 rings (SSSR count). The summed E-state index contributed by atoms with van der Waals surface area (Å²) in [5, 5.41) is 21.1. The van der Waals surface area contributed by atoms with Crippen LogP contribution in [-0.4, -0.2) is 50.9 Å². The quantitative estimate of drug-likeness (QED) is 0.391. The van der Waals surface area contributed by atoms with Crippen LogP contribution in [-0.2, 0) is 11.2 Å². The number of halogens is 3. The van der Waals surface area contributed by atoms with Crippen molar-refractivity contribution >= 4 is 5.78 Å². The van der Waals surface area contributed by atoms with Crippen molar-refractivity contribution in [2.75, 3.05) is 13.2 Å². The smallest absolute Gasteiger partial charge is 0.185 e. The highest BCUT2D eigenvalue weighted by atomic mass is 19.1. The molecule has 0 spiro atoms. The summed E-state index contributed by atoms with van der Waals surface area (Å²) in [4.78, 5) is 21.5. The van der Waals surface area contributed by atoms with Crippen molar-refractivity contribution in [3.05, 3.63) is 82.6 Å². The number of pyridine rings is 2. The van der Waals surface area contributed by atoms with Crippen molar-refractivity contribution in [1.82, 2.24) is 9.97 Å². The molecule has 2 fully saturated rings. The molecule has 6 nitrogen and oxygen atoms in total. The second-order valence-corrected chi connectivity index (χ2v) is 11.3. The largest absolute Gasteiger partial charge is 0.390 e. The van der Waals surface area contributed by atoms with Crippen LogP contribution in [0.3, 0.4) is 0 Å². The van der Waals surface area contributed by atoms with Gasteiger partial charge in [0.15, 0.2) is 5.78 Å². The molecule has 1 aliphatic carbocycles.